The summed E-state index contributed by atoms with van der Waals surface area (Å²) in [5, 5.41) is 3.05. The minimum absolute atomic E-state index is 0.102. The highest BCUT2D eigenvalue weighted by Crippen LogP contribution is 2.12. The maximum absolute atomic E-state index is 11.7. The van der Waals surface area contributed by atoms with Crippen LogP contribution in [-0.2, 0) is 16.1 Å². The van der Waals surface area contributed by atoms with Crippen LogP contribution in [0.3, 0.4) is 0 Å². The van der Waals surface area contributed by atoms with Crippen molar-refractivity contribution in [3.63, 3.8) is 0 Å². The summed E-state index contributed by atoms with van der Waals surface area (Å²) in [5.74, 6) is -0.235. The molecule has 1 aliphatic heterocycles. The Labute approximate surface area is 93.0 Å². The number of aromatic nitrogens is 2. The third kappa shape index (κ3) is 1.96. The topological polar surface area (TPSA) is 78.1 Å². The molecule has 0 radical (unpaired) electrons. The molecule has 86 valence electrons. The first kappa shape index (κ1) is 10.8. The number of likely N-dealkylation sites (N-methyl/N-ethyl adjacent to an activating group) is 1. The van der Waals surface area contributed by atoms with Gasteiger partial charge in [0.15, 0.2) is 0 Å². The van der Waals surface area contributed by atoms with Crippen LogP contribution < -0.4 is 5.32 Å². The second-order valence-electron chi connectivity index (χ2n) is 3.69. The molecule has 2 rings (SSSR count). The molecule has 1 unspecified atom stereocenters. The van der Waals surface area contributed by atoms with Crippen molar-refractivity contribution in [3.05, 3.63) is 18.2 Å². The van der Waals surface area contributed by atoms with Crippen LogP contribution in [0.15, 0.2) is 12.5 Å². The first-order valence-electron chi connectivity index (χ1n) is 5.27. The predicted molar refractivity (Wildman–Crippen MR) is 56.2 cm³/mol. The van der Waals surface area contributed by atoms with Crippen LogP contribution in [0.5, 0.6) is 0 Å². The Kier molecular flexibility index (Phi) is 3.00. The van der Waals surface area contributed by atoms with Crippen LogP contribution in [0.25, 0.3) is 0 Å². The molecule has 1 atom stereocenters. The molecule has 0 saturated carbocycles. The van der Waals surface area contributed by atoms with Gasteiger partial charge in [0.05, 0.1) is 18.8 Å². The summed E-state index contributed by atoms with van der Waals surface area (Å²) in [6.07, 6.45) is 3.52. The van der Waals surface area contributed by atoms with Crippen molar-refractivity contribution >= 4 is 11.8 Å². The van der Waals surface area contributed by atoms with Gasteiger partial charge in [-0.3, -0.25) is 19.8 Å². The first-order valence-corrected chi connectivity index (χ1v) is 5.27. The van der Waals surface area contributed by atoms with E-state index in [1.165, 1.54) is 4.90 Å². The molecule has 2 heterocycles. The summed E-state index contributed by atoms with van der Waals surface area (Å²) in [4.78, 5) is 31.2. The number of carbonyl (C=O) groups is 2. The predicted octanol–water partition coefficient (Wildman–Crippen LogP) is -0.353. The number of rotatable bonds is 4. The number of nitrogens with zero attached hydrogens (tertiary/aromatic N) is 2. The lowest BCUT2D eigenvalue weighted by Gasteiger charge is -2.12. The number of likely N-dealkylation sites (tertiary alicyclic amines) is 1. The number of hydrogen-bond acceptors (Lipinski definition) is 4. The zero-order valence-corrected chi connectivity index (χ0v) is 9.06. The zero-order valence-electron chi connectivity index (χ0n) is 9.06. The first-order chi connectivity index (χ1) is 7.72. The number of imide groups is 1. The van der Waals surface area contributed by atoms with Crippen LogP contribution >= 0.6 is 0 Å². The van der Waals surface area contributed by atoms with Crippen LogP contribution in [-0.4, -0.2) is 39.3 Å². The Morgan fingerprint density at radius 2 is 2.44 bits per heavy atom. The normalized spacial score (nSPS) is 20.8. The van der Waals surface area contributed by atoms with E-state index in [9.17, 15) is 9.59 Å². The van der Waals surface area contributed by atoms with Crippen molar-refractivity contribution in [1.29, 1.82) is 0 Å². The second-order valence-corrected chi connectivity index (χ2v) is 3.69. The lowest BCUT2D eigenvalue weighted by atomic mass is 10.2. The van der Waals surface area contributed by atoms with Crippen LogP contribution in [0.2, 0.25) is 0 Å². The van der Waals surface area contributed by atoms with Crippen LogP contribution in [0, 0.1) is 0 Å². The smallest absolute Gasteiger partial charge is 0.246 e. The fourth-order valence-corrected chi connectivity index (χ4v) is 1.79. The molecule has 0 bridgehead atoms. The maximum atomic E-state index is 11.7. The van der Waals surface area contributed by atoms with Crippen molar-refractivity contribution in [2.24, 2.45) is 0 Å². The van der Waals surface area contributed by atoms with Crippen molar-refractivity contribution < 1.29 is 9.59 Å². The van der Waals surface area contributed by atoms with Gasteiger partial charge in [-0.15, -0.1) is 0 Å². The number of carbonyl (C=O) groups excluding carboxylic acids is 2. The number of imidazole rings is 1. The van der Waals surface area contributed by atoms with E-state index in [2.05, 4.69) is 15.3 Å². The monoisotopic (exact) mass is 222 g/mol. The van der Waals surface area contributed by atoms with Gasteiger partial charge in [0.1, 0.15) is 0 Å². The lowest BCUT2D eigenvalue weighted by Crippen LogP contribution is -2.38. The molecular formula is C10H14N4O2. The summed E-state index contributed by atoms with van der Waals surface area (Å²) < 4.78 is 0. The highest BCUT2D eigenvalue weighted by Gasteiger charge is 2.36. The van der Waals surface area contributed by atoms with Gasteiger partial charge in [-0.2, -0.15) is 0 Å². The van der Waals surface area contributed by atoms with Gasteiger partial charge in [-0.1, -0.05) is 0 Å². The number of aromatic amines is 1. The Hall–Kier alpha value is -1.69. The van der Waals surface area contributed by atoms with Gasteiger partial charge >= 0.3 is 0 Å². The Morgan fingerprint density at radius 3 is 3.00 bits per heavy atom. The fraction of sp³-hybridized carbons (Fsp3) is 0.500. The molecule has 1 aliphatic rings. The SMILES string of the molecule is CCN1C(=O)CC(NCc2cnc[nH]2)C1=O. The number of amides is 2. The van der Waals surface area contributed by atoms with E-state index in [0.717, 1.165) is 5.69 Å². The minimum Gasteiger partial charge on any atom is -0.347 e. The van der Waals surface area contributed by atoms with E-state index in [4.69, 9.17) is 0 Å². The van der Waals surface area contributed by atoms with Gasteiger partial charge < -0.3 is 4.98 Å². The Balaban J connectivity index is 1.92. The van der Waals surface area contributed by atoms with Gasteiger partial charge in [-0.05, 0) is 6.92 Å². The van der Waals surface area contributed by atoms with E-state index >= 15 is 0 Å². The molecular weight excluding hydrogens is 208 g/mol. The average Bonchev–Trinajstić information content (AvgIpc) is 2.85. The van der Waals surface area contributed by atoms with E-state index in [-0.39, 0.29) is 18.2 Å². The number of hydrogen-bond donors (Lipinski definition) is 2. The van der Waals surface area contributed by atoms with E-state index in [1.807, 2.05) is 0 Å². The molecule has 0 aliphatic carbocycles. The minimum atomic E-state index is -0.393. The molecule has 0 spiro atoms. The van der Waals surface area contributed by atoms with Gasteiger partial charge in [0, 0.05) is 25.0 Å². The summed E-state index contributed by atoms with van der Waals surface area (Å²) >= 11 is 0. The maximum Gasteiger partial charge on any atom is 0.246 e. The quantitative estimate of drug-likeness (QED) is 0.682. The molecule has 2 amide bonds. The van der Waals surface area contributed by atoms with E-state index < -0.39 is 6.04 Å². The van der Waals surface area contributed by atoms with Gasteiger partial charge in [0.2, 0.25) is 11.8 Å². The third-order valence-corrected chi connectivity index (χ3v) is 2.65. The van der Waals surface area contributed by atoms with Crippen LogP contribution in [0.1, 0.15) is 19.0 Å². The molecule has 2 N–H and O–H groups in total. The largest absolute Gasteiger partial charge is 0.347 e. The van der Waals surface area contributed by atoms with Gasteiger partial charge in [0.25, 0.3) is 0 Å². The molecule has 1 fully saturated rings. The summed E-state index contributed by atoms with van der Waals surface area (Å²) in [7, 11) is 0. The molecule has 16 heavy (non-hydrogen) atoms. The molecule has 1 saturated heterocycles. The van der Waals surface area contributed by atoms with E-state index in [1.54, 1.807) is 19.4 Å². The number of nitrogens with one attached hydrogen (secondary N) is 2. The van der Waals surface area contributed by atoms with Crippen LogP contribution in [0.4, 0.5) is 0 Å². The van der Waals surface area contributed by atoms with Gasteiger partial charge in [-0.25, -0.2) is 4.98 Å². The van der Waals surface area contributed by atoms with Crippen molar-refractivity contribution in [3.8, 4) is 0 Å². The molecule has 0 aromatic carbocycles. The van der Waals surface area contributed by atoms with E-state index in [0.29, 0.717) is 13.1 Å². The lowest BCUT2D eigenvalue weighted by molar-refractivity contribution is -0.138. The van der Waals surface area contributed by atoms with Crippen molar-refractivity contribution in [2.45, 2.75) is 25.9 Å². The molecule has 1 aromatic heterocycles. The second kappa shape index (κ2) is 4.44. The fourth-order valence-electron chi connectivity index (χ4n) is 1.79. The molecule has 6 heteroatoms. The Bertz CT molecular complexity index is 388. The third-order valence-electron chi connectivity index (χ3n) is 2.65. The number of H-pyrrole nitrogens is 1. The average molecular weight is 222 g/mol. The summed E-state index contributed by atoms with van der Waals surface area (Å²) in [6.45, 7) is 2.76. The van der Waals surface area contributed by atoms with Crippen molar-refractivity contribution in [2.75, 3.05) is 6.54 Å². The van der Waals surface area contributed by atoms with Crippen molar-refractivity contribution in [1.82, 2.24) is 20.2 Å². The summed E-state index contributed by atoms with van der Waals surface area (Å²) in [5.41, 5.74) is 0.898. The molecule has 6 nitrogen and oxygen atoms in total. The summed E-state index contributed by atoms with van der Waals surface area (Å²) in [6, 6.07) is -0.393. The zero-order chi connectivity index (χ0) is 11.5. The standard InChI is InChI=1S/C10H14N4O2/c1-2-14-9(15)3-8(10(14)16)12-5-7-4-11-6-13-7/h4,6,8,12H,2-3,5H2,1H3,(H,11,13). The Morgan fingerprint density at radius 1 is 1.62 bits per heavy atom. The molecule has 1 aromatic rings. The highest BCUT2D eigenvalue weighted by atomic mass is 16.2. The highest BCUT2D eigenvalue weighted by molar-refractivity contribution is 6.05.